The van der Waals surface area contributed by atoms with Crippen LogP contribution in [0.3, 0.4) is 0 Å². The van der Waals surface area contributed by atoms with Crippen molar-refractivity contribution in [2.24, 2.45) is 4.99 Å². The largest absolute Gasteiger partial charge is 0.393 e. The van der Waals surface area contributed by atoms with Gasteiger partial charge in [-0.1, -0.05) is 13.3 Å². The average Bonchev–Trinajstić information content (AvgIpc) is 3.31. The molecule has 30 heavy (non-hydrogen) atoms. The van der Waals surface area contributed by atoms with Crippen molar-refractivity contribution in [3.05, 3.63) is 18.3 Å². The van der Waals surface area contributed by atoms with Gasteiger partial charge in [0.05, 0.1) is 17.4 Å². The molecule has 0 spiro atoms. The highest BCUT2D eigenvalue weighted by molar-refractivity contribution is 5.89. The molecule has 0 aromatic carbocycles. The molecule has 2 aromatic rings. The number of aromatic nitrogens is 4. The van der Waals surface area contributed by atoms with Crippen molar-refractivity contribution >= 4 is 23.3 Å². The molecule has 0 radical (unpaired) electrons. The SMILES string of the molecule is CCCCNc1ncc(-c2ccc(N3CCCC3)nn2)c(N=C2CCC(O)CC2)n1. The van der Waals surface area contributed by atoms with E-state index in [4.69, 9.17) is 4.99 Å². The van der Waals surface area contributed by atoms with E-state index in [0.29, 0.717) is 11.8 Å². The zero-order valence-corrected chi connectivity index (χ0v) is 17.7. The first-order valence-electron chi connectivity index (χ1n) is 11.2. The monoisotopic (exact) mass is 409 g/mol. The van der Waals surface area contributed by atoms with Crippen LogP contribution in [0.1, 0.15) is 58.3 Å². The van der Waals surface area contributed by atoms with Gasteiger partial charge in [-0.2, -0.15) is 4.98 Å². The van der Waals surface area contributed by atoms with Crippen molar-refractivity contribution < 1.29 is 5.11 Å². The van der Waals surface area contributed by atoms with E-state index in [2.05, 4.69) is 37.3 Å². The number of aliphatic imine (C=N–C) groups is 1. The van der Waals surface area contributed by atoms with E-state index in [1.54, 1.807) is 6.20 Å². The van der Waals surface area contributed by atoms with Crippen molar-refractivity contribution in [1.82, 2.24) is 20.2 Å². The Balaban J connectivity index is 1.61. The van der Waals surface area contributed by atoms with E-state index in [1.165, 1.54) is 12.8 Å². The van der Waals surface area contributed by atoms with Gasteiger partial charge in [0.2, 0.25) is 5.95 Å². The normalized spacial score (nSPS) is 19.2. The fourth-order valence-electron chi connectivity index (χ4n) is 3.88. The van der Waals surface area contributed by atoms with Gasteiger partial charge >= 0.3 is 0 Å². The molecule has 0 bridgehead atoms. The number of hydrogen-bond donors (Lipinski definition) is 2. The Morgan fingerprint density at radius 1 is 1.17 bits per heavy atom. The molecule has 1 saturated carbocycles. The van der Waals surface area contributed by atoms with Gasteiger partial charge in [0.1, 0.15) is 0 Å². The summed E-state index contributed by atoms with van der Waals surface area (Å²) in [6.45, 7) is 5.08. The van der Waals surface area contributed by atoms with E-state index >= 15 is 0 Å². The predicted octanol–water partition coefficient (Wildman–Crippen LogP) is 3.75. The number of aliphatic hydroxyl groups excluding tert-OH is 1. The molecule has 4 rings (SSSR count). The highest BCUT2D eigenvalue weighted by atomic mass is 16.3. The van der Waals surface area contributed by atoms with Crippen LogP contribution in [0, 0.1) is 0 Å². The summed E-state index contributed by atoms with van der Waals surface area (Å²) in [7, 11) is 0. The van der Waals surface area contributed by atoms with E-state index in [-0.39, 0.29) is 6.10 Å². The van der Waals surface area contributed by atoms with Crippen LogP contribution in [0.25, 0.3) is 11.3 Å². The quantitative estimate of drug-likeness (QED) is 0.672. The maximum atomic E-state index is 9.79. The maximum Gasteiger partial charge on any atom is 0.224 e. The smallest absolute Gasteiger partial charge is 0.224 e. The van der Waals surface area contributed by atoms with Gasteiger partial charge in [-0.25, -0.2) is 9.98 Å². The first-order chi connectivity index (χ1) is 14.7. The van der Waals surface area contributed by atoms with Crippen LogP contribution in [0.15, 0.2) is 23.3 Å². The molecule has 0 amide bonds. The standard InChI is InChI=1S/C22H31N7O/c1-2-3-12-23-22-24-15-18(21(26-22)25-16-6-8-17(30)9-7-16)19-10-11-20(28-27-19)29-13-4-5-14-29/h10-11,15,17,30H,2-9,12-14H2,1H3,(H,23,24,26). The Morgan fingerprint density at radius 2 is 1.97 bits per heavy atom. The Labute approximate surface area is 177 Å². The summed E-state index contributed by atoms with van der Waals surface area (Å²) in [5.74, 6) is 2.13. The van der Waals surface area contributed by atoms with Gasteiger partial charge in [0.15, 0.2) is 11.6 Å². The fourth-order valence-corrected chi connectivity index (χ4v) is 3.88. The summed E-state index contributed by atoms with van der Waals surface area (Å²) in [5, 5.41) is 22.0. The zero-order chi connectivity index (χ0) is 20.8. The number of aliphatic hydroxyl groups is 1. The third kappa shape index (κ3) is 5.11. The summed E-state index contributed by atoms with van der Waals surface area (Å²) in [6.07, 6.45) is 9.27. The van der Waals surface area contributed by atoms with Crippen molar-refractivity contribution in [3.8, 4) is 11.3 Å². The number of anilines is 2. The highest BCUT2D eigenvalue weighted by Gasteiger charge is 2.18. The molecule has 8 heteroatoms. The lowest BCUT2D eigenvalue weighted by atomic mass is 9.96. The molecule has 1 aliphatic heterocycles. The fraction of sp³-hybridized carbons (Fsp3) is 0.591. The van der Waals surface area contributed by atoms with Crippen molar-refractivity contribution in [2.75, 3.05) is 29.9 Å². The number of hydrogen-bond acceptors (Lipinski definition) is 8. The second kappa shape index (κ2) is 9.93. The van der Waals surface area contributed by atoms with Crippen molar-refractivity contribution in [3.63, 3.8) is 0 Å². The van der Waals surface area contributed by atoms with Crippen molar-refractivity contribution in [1.29, 1.82) is 0 Å². The topological polar surface area (TPSA) is 99.4 Å². The predicted molar refractivity (Wildman–Crippen MR) is 119 cm³/mol. The van der Waals surface area contributed by atoms with Crippen molar-refractivity contribution in [2.45, 2.75) is 64.4 Å². The molecule has 3 heterocycles. The molecule has 2 aliphatic rings. The molecular weight excluding hydrogens is 378 g/mol. The minimum absolute atomic E-state index is 0.218. The van der Waals surface area contributed by atoms with Gasteiger partial charge in [-0.15, -0.1) is 10.2 Å². The lowest BCUT2D eigenvalue weighted by Crippen LogP contribution is -2.19. The zero-order valence-electron chi connectivity index (χ0n) is 17.7. The van der Waals surface area contributed by atoms with Crippen LogP contribution < -0.4 is 10.2 Å². The summed E-state index contributed by atoms with van der Waals surface area (Å²) < 4.78 is 0. The molecular formula is C22H31N7O. The van der Waals surface area contributed by atoms with Crippen LogP contribution in [0.4, 0.5) is 17.6 Å². The maximum absolute atomic E-state index is 9.79. The second-order valence-corrected chi connectivity index (χ2v) is 8.09. The van der Waals surface area contributed by atoms with Crippen LogP contribution in [-0.4, -0.2) is 56.7 Å². The van der Waals surface area contributed by atoms with Gasteiger partial charge in [0, 0.05) is 31.5 Å². The van der Waals surface area contributed by atoms with E-state index in [9.17, 15) is 5.11 Å². The van der Waals surface area contributed by atoms with E-state index in [1.807, 2.05) is 12.1 Å². The summed E-state index contributed by atoms with van der Waals surface area (Å²) in [4.78, 5) is 16.3. The number of nitrogens with one attached hydrogen (secondary N) is 1. The Kier molecular flexibility index (Phi) is 6.84. The Bertz CT molecular complexity index is 852. The minimum Gasteiger partial charge on any atom is -0.393 e. The van der Waals surface area contributed by atoms with Gasteiger partial charge in [0.25, 0.3) is 0 Å². The van der Waals surface area contributed by atoms with Crippen LogP contribution in [0.5, 0.6) is 0 Å². The minimum atomic E-state index is -0.218. The highest BCUT2D eigenvalue weighted by Crippen LogP contribution is 2.30. The van der Waals surface area contributed by atoms with Gasteiger partial charge in [-0.3, -0.25) is 0 Å². The lowest BCUT2D eigenvalue weighted by molar-refractivity contribution is 0.152. The second-order valence-electron chi connectivity index (χ2n) is 8.09. The van der Waals surface area contributed by atoms with E-state index in [0.717, 1.165) is 80.9 Å². The summed E-state index contributed by atoms with van der Waals surface area (Å²) in [6, 6.07) is 4.01. The third-order valence-electron chi connectivity index (χ3n) is 5.73. The molecule has 1 saturated heterocycles. The number of nitrogens with zero attached hydrogens (tertiary/aromatic N) is 6. The summed E-state index contributed by atoms with van der Waals surface area (Å²) in [5.41, 5.74) is 2.59. The molecule has 1 aliphatic carbocycles. The average molecular weight is 410 g/mol. The Morgan fingerprint density at radius 3 is 2.67 bits per heavy atom. The van der Waals surface area contributed by atoms with E-state index < -0.39 is 0 Å². The molecule has 0 unspecified atom stereocenters. The summed E-state index contributed by atoms with van der Waals surface area (Å²) >= 11 is 0. The first kappa shape index (κ1) is 20.7. The molecule has 2 N–H and O–H groups in total. The van der Waals surface area contributed by atoms with Crippen LogP contribution in [-0.2, 0) is 0 Å². The lowest BCUT2D eigenvalue weighted by Gasteiger charge is -2.18. The Hall–Kier alpha value is -2.61. The molecule has 8 nitrogen and oxygen atoms in total. The van der Waals surface area contributed by atoms with Crippen LogP contribution in [0.2, 0.25) is 0 Å². The molecule has 2 fully saturated rings. The first-order valence-corrected chi connectivity index (χ1v) is 11.2. The third-order valence-corrected chi connectivity index (χ3v) is 5.73. The number of unbranched alkanes of at least 4 members (excludes halogenated alkanes) is 1. The van der Waals surface area contributed by atoms with Gasteiger partial charge < -0.3 is 15.3 Å². The molecule has 0 atom stereocenters. The number of rotatable bonds is 7. The van der Waals surface area contributed by atoms with Gasteiger partial charge in [-0.05, 0) is 57.1 Å². The van der Waals surface area contributed by atoms with Crippen LogP contribution >= 0.6 is 0 Å². The molecule has 2 aromatic heterocycles. The molecule has 160 valence electrons.